The number of hydrogen-bond acceptors (Lipinski definition) is 6. The van der Waals surface area contributed by atoms with E-state index in [4.69, 9.17) is 4.74 Å². The molecule has 0 saturated carbocycles. The molecule has 0 unspecified atom stereocenters. The zero-order valence-corrected chi connectivity index (χ0v) is 22.6. The van der Waals surface area contributed by atoms with Gasteiger partial charge in [-0.05, 0) is 64.3 Å². The minimum atomic E-state index is -1.04. The molecule has 1 heterocycles. The number of hydrogen-bond donors (Lipinski definition) is 2. The van der Waals surface area contributed by atoms with E-state index < -0.39 is 23.8 Å². The molecule has 204 valence electrons. The number of fused-ring (bicyclic) bond motifs is 1. The third kappa shape index (κ3) is 7.41. The van der Waals surface area contributed by atoms with Gasteiger partial charge in [-0.25, -0.2) is 4.79 Å². The fraction of sp³-hybridized carbons (Fsp3) is 0.448. The number of carbonyl (C=O) groups is 3. The van der Waals surface area contributed by atoms with E-state index >= 15 is 0 Å². The van der Waals surface area contributed by atoms with Crippen LogP contribution in [0.5, 0.6) is 0 Å². The number of aromatic carboxylic acids is 1. The van der Waals surface area contributed by atoms with Crippen molar-refractivity contribution in [1.82, 2.24) is 4.90 Å². The number of likely N-dealkylation sites (N-methyl/N-ethyl adjacent to an activating group) is 1. The lowest BCUT2D eigenvalue weighted by Crippen LogP contribution is -2.39. The maximum atomic E-state index is 13.3. The first-order valence-corrected chi connectivity index (χ1v) is 12.9. The van der Waals surface area contributed by atoms with Crippen LogP contribution in [0.15, 0.2) is 42.5 Å². The molecule has 9 heteroatoms. The fourth-order valence-corrected chi connectivity index (χ4v) is 4.46. The molecule has 1 aliphatic rings. The molecule has 38 heavy (non-hydrogen) atoms. The number of nitrogens with zero attached hydrogens (tertiary/aromatic N) is 3. The molecule has 3 rings (SSSR count). The Morgan fingerprint density at radius 3 is 2.39 bits per heavy atom. The second-order valence-corrected chi connectivity index (χ2v) is 10.5. The van der Waals surface area contributed by atoms with Gasteiger partial charge in [0.25, 0.3) is 5.91 Å². The van der Waals surface area contributed by atoms with Gasteiger partial charge >= 0.3 is 12.1 Å². The van der Waals surface area contributed by atoms with E-state index in [0.717, 1.165) is 11.1 Å². The van der Waals surface area contributed by atoms with Gasteiger partial charge in [0.05, 0.1) is 22.9 Å². The van der Waals surface area contributed by atoms with Gasteiger partial charge in [0.15, 0.2) is 6.54 Å². The van der Waals surface area contributed by atoms with Gasteiger partial charge in [-0.15, -0.1) is 4.58 Å². The number of aliphatic hydroxyl groups is 1. The Morgan fingerprint density at radius 1 is 1.11 bits per heavy atom. The highest BCUT2D eigenvalue weighted by molar-refractivity contribution is 6.02. The highest BCUT2D eigenvalue weighted by Gasteiger charge is 2.29. The molecular weight excluding hydrogens is 486 g/mol. The van der Waals surface area contributed by atoms with E-state index in [1.165, 1.54) is 10.6 Å². The van der Waals surface area contributed by atoms with Crippen LogP contribution in [0.1, 0.15) is 66.0 Å². The Bertz CT molecular complexity index is 1200. The van der Waals surface area contributed by atoms with Crippen molar-refractivity contribution in [3.05, 3.63) is 64.7 Å². The molecule has 0 aliphatic carbocycles. The van der Waals surface area contributed by atoms with Gasteiger partial charge in [-0.3, -0.25) is 4.79 Å². The van der Waals surface area contributed by atoms with Gasteiger partial charge in [-0.1, -0.05) is 24.3 Å². The summed E-state index contributed by atoms with van der Waals surface area (Å²) in [7, 11) is 0. The van der Waals surface area contributed by atoms with Crippen molar-refractivity contribution >= 4 is 30.4 Å². The minimum absolute atomic E-state index is 0.134. The summed E-state index contributed by atoms with van der Waals surface area (Å²) in [4.78, 5) is 40.7. The summed E-state index contributed by atoms with van der Waals surface area (Å²) in [6, 6.07) is 12.2. The highest BCUT2D eigenvalue weighted by atomic mass is 16.6. The fourth-order valence-electron chi connectivity index (χ4n) is 4.46. The summed E-state index contributed by atoms with van der Waals surface area (Å²) >= 11 is 0. The number of carboxylic acids is 1. The zero-order chi connectivity index (χ0) is 28.0. The van der Waals surface area contributed by atoms with E-state index in [9.17, 15) is 24.6 Å². The van der Waals surface area contributed by atoms with Gasteiger partial charge in [0.2, 0.25) is 0 Å². The van der Waals surface area contributed by atoms with Crippen LogP contribution < -0.4 is 4.90 Å². The minimum Gasteiger partial charge on any atom is -0.478 e. The Kier molecular flexibility index (Phi) is 9.27. The largest absolute Gasteiger partial charge is 0.596 e. The SMILES string of the molecule is C=[N+](Cc1ccccc1CC[C@H](O)CN1CCN(CC)c2cc(C(=O)O)ccc2C1=O)C(=O)OC(C)(C)C. The van der Waals surface area contributed by atoms with Crippen LogP contribution in [0.2, 0.25) is 0 Å². The van der Waals surface area contributed by atoms with Gasteiger partial charge in [-0.2, -0.15) is 4.79 Å². The molecule has 2 aromatic carbocycles. The van der Waals surface area contributed by atoms with Gasteiger partial charge < -0.3 is 24.7 Å². The van der Waals surface area contributed by atoms with E-state index in [0.29, 0.717) is 43.7 Å². The second kappa shape index (κ2) is 12.2. The van der Waals surface area contributed by atoms with E-state index in [-0.39, 0.29) is 24.6 Å². The molecule has 0 spiro atoms. The van der Waals surface area contributed by atoms with Crippen molar-refractivity contribution in [1.29, 1.82) is 0 Å². The van der Waals surface area contributed by atoms with Crippen LogP contribution in [0.25, 0.3) is 0 Å². The number of ether oxygens (including phenoxy) is 1. The topological polar surface area (TPSA) is 110 Å². The van der Waals surface area contributed by atoms with Gasteiger partial charge in [0.1, 0.15) is 12.3 Å². The monoisotopic (exact) mass is 524 g/mol. The Labute approximate surface area is 223 Å². The van der Waals surface area contributed by atoms with Crippen LogP contribution in [-0.2, 0) is 17.7 Å². The smallest absolute Gasteiger partial charge is 0.478 e. The summed E-state index contributed by atoms with van der Waals surface area (Å²) < 4.78 is 6.67. The first kappa shape index (κ1) is 28.8. The van der Waals surface area contributed by atoms with E-state index in [1.807, 2.05) is 36.1 Å². The molecule has 1 atom stereocenters. The first-order chi connectivity index (χ1) is 17.9. The Morgan fingerprint density at radius 2 is 1.76 bits per heavy atom. The average molecular weight is 525 g/mol. The number of aliphatic hydroxyl groups excluding tert-OH is 1. The van der Waals surface area contributed by atoms with Crippen LogP contribution in [-0.4, -0.2) is 82.3 Å². The number of aryl methyl sites for hydroxylation is 1. The van der Waals surface area contributed by atoms with Crippen LogP contribution in [0.3, 0.4) is 0 Å². The molecule has 2 N–H and O–H groups in total. The molecule has 1 aliphatic heterocycles. The summed E-state index contributed by atoms with van der Waals surface area (Å²) in [6.45, 7) is 13.2. The Balaban J connectivity index is 1.66. The summed E-state index contributed by atoms with van der Waals surface area (Å²) in [5, 5.41) is 20.2. The average Bonchev–Trinajstić information content (AvgIpc) is 2.98. The van der Waals surface area contributed by atoms with Crippen LogP contribution in [0, 0.1) is 0 Å². The van der Waals surface area contributed by atoms with Crippen molar-refractivity contribution in [2.45, 2.75) is 58.8 Å². The highest BCUT2D eigenvalue weighted by Crippen LogP contribution is 2.27. The molecule has 0 fully saturated rings. The third-order valence-corrected chi connectivity index (χ3v) is 6.43. The van der Waals surface area contributed by atoms with Crippen LogP contribution >= 0.6 is 0 Å². The number of anilines is 1. The summed E-state index contributed by atoms with van der Waals surface area (Å²) in [5.74, 6) is -1.27. The quantitative estimate of drug-likeness (QED) is 0.379. The standard InChI is InChI=1S/C29H37N3O6/c1-6-31-15-16-32(26(34)24-14-12-21(27(35)36)17-25(24)31)19-23(33)13-11-20-9-7-8-10-22(20)18-30(5)28(37)38-29(2,3)4/h7-10,12,14,17,23,33H,5-6,11,13,15-16,18-19H2,1-4H3/p+1/t23-/m0/s1. The number of benzene rings is 2. The molecular formula is C29H38N3O6+. The molecule has 2 aromatic rings. The van der Waals surface area contributed by atoms with Crippen LogP contribution in [0.4, 0.5) is 10.5 Å². The summed E-state index contributed by atoms with van der Waals surface area (Å²) in [6.07, 6.45) is -0.291. The normalized spacial score (nSPS) is 14.5. The number of rotatable bonds is 9. The molecule has 0 bridgehead atoms. The molecule has 9 nitrogen and oxygen atoms in total. The predicted octanol–water partition coefficient (Wildman–Crippen LogP) is 3.81. The number of β-amino-alcohol motifs (C(OH)–C–C–N with tert-alkyl or cyclic N) is 1. The lowest BCUT2D eigenvalue weighted by Gasteiger charge is -2.25. The van der Waals surface area contributed by atoms with E-state index in [1.54, 1.807) is 37.8 Å². The summed E-state index contributed by atoms with van der Waals surface area (Å²) in [5.41, 5.74) is 2.45. The predicted molar refractivity (Wildman–Crippen MR) is 145 cm³/mol. The first-order valence-electron chi connectivity index (χ1n) is 12.9. The second-order valence-electron chi connectivity index (χ2n) is 10.5. The maximum Gasteiger partial charge on any atom is 0.596 e. The lowest BCUT2D eigenvalue weighted by molar-refractivity contribution is -0.458. The van der Waals surface area contributed by atoms with Gasteiger partial charge in [0, 0.05) is 31.7 Å². The van der Waals surface area contributed by atoms with Crippen molar-refractivity contribution in [3.63, 3.8) is 0 Å². The third-order valence-electron chi connectivity index (χ3n) is 6.43. The van der Waals surface area contributed by atoms with Crippen molar-refractivity contribution < 1.29 is 33.9 Å². The van der Waals surface area contributed by atoms with Crippen molar-refractivity contribution in [2.75, 3.05) is 31.1 Å². The molecule has 2 amide bonds. The number of amides is 2. The molecule has 0 saturated heterocycles. The van der Waals surface area contributed by atoms with Crippen molar-refractivity contribution in [2.24, 2.45) is 0 Å². The molecule has 0 radical (unpaired) electrons. The van der Waals surface area contributed by atoms with Crippen molar-refractivity contribution in [3.8, 4) is 0 Å². The lowest BCUT2D eigenvalue weighted by atomic mass is 10.0. The Hall–Kier alpha value is -3.72. The zero-order valence-electron chi connectivity index (χ0n) is 22.6. The molecule has 0 aromatic heterocycles. The maximum absolute atomic E-state index is 13.3. The van der Waals surface area contributed by atoms with E-state index in [2.05, 4.69) is 6.72 Å². The number of carboxylic acid groups (broad SMARTS) is 1. The number of carbonyl (C=O) groups excluding carboxylic acids is 2.